The third-order valence-corrected chi connectivity index (χ3v) is 3.22. The van der Waals surface area contributed by atoms with Gasteiger partial charge in [-0.1, -0.05) is 25.5 Å². The Morgan fingerprint density at radius 2 is 2.05 bits per heavy atom. The summed E-state index contributed by atoms with van der Waals surface area (Å²) in [6.45, 7) is 6.54. The number of anilines is 3. The van der Waals surface area contributed by atoms with Crippen molar-refractivity contribution < 1.29 is 4.79 Å². The molecule has 116 valence electrons. The maximum absolute atomic E-state index is 11.4. The maximum Gasteiger partial charge on any atom is 0.229 e. The number of nitrogens with zero attached hydrogens (tertiary/aromatic N) is 2. The van der Waals surface area contributed by atoms with Crippen LogP contribution < -0.4 is 10.6 Å². The summed E-state index contributed by atoms with van der Waals surface area (Å²) in [5.41, 5.74) is 2.36. The molecule has 22 heavy (non-hydrogen) atoms. The molecule has 1 aromatic heterocycles. The van der Waals surface area contributed by atoms with E-state index in [0.717, 1.165) is 36.6 Å². The normalized spacial score (nSPS) is 10.3. The zero-order chi connectivity index (χ0) is 15.9. The molecule has 0 atom stereocenters. The van der Waals surface area contributed by atoms with Crippen molar-refractivity contribution in [3.8, 4) is 0 Å². The molecule has 2 aromatic rings. The number of benzene rings is 1. The highest BCUT2D eigenvalue weighted by molar-refractivity contribution is 5.95. The third-order valence-electron chi connectivity index (χ3n) is 3.22. The fourth-order valence-electron chi connectivity index (χ4n) is 2.05. The Balaban J connectivity index is 2.15. The van der Waals surface area contributed by atoms with Crippen LogP contribution in [-0.2, 0) is 0 Å². The van der Waals surface area contributed by atoms with Crippen molar-refractivity contribution in [1.82, 2.24) is 9.97 Å². The molecule has 0 unspecified atom stereocenters. The number of hydrogen-bond acceptors (Lipinski definition) is 5. The Kier molecular flexibility index (Phi) is 5.47. The largest absolute Gasteiger partial charge is 0.370 e. The maximum atomic E-state index is 11.4. The minimum atomic E-state index is 0.0377. The van der Waals surface area contributed by atoms with Crippen LogP contribution in [0.15, 0.2) is 30.3 Å². The molecule has 0 fully saturated rings. The Hall–Kier alpha value is -2.43. The zero-order valence-corrected chi connectivity index (χ0v) is 13.3. The van der Waals surface area contributed by atoms with E-state index in [0.29, 0.717) is 11.5 Å². The second-order valence-electron chi connectivity index (χ2n) is 5.26. The standard InChI is InChI=1S/C17H22N4O/c1-4-5-9-18-16-10-12(2)19-17(21-16)20-15-8-6-7-14(11-15)13(3)22/h6-8,10-11H,4-5,9H2,1-3H3,(H2,18,19,20,21). The molecule has 2 N–H and O–H groups in total. The summed E-state index contributed by atoms with van der Waals surface area (Å²) in [4.78, 5) is 20.3. The summed E-state index contributed by atoms with van der Waals surface area (Å²) < 4.78 is 0. The van der Waals surface area contributed by atoms with E-state index in [2.05, 4.69) is 27.5 Å². The lowest BCUT2D eigenvalue weighted by molar-refractivity contribution is 0.101. The van der Waals surface area contributed by atoms with Crippen LogP contribution in [-0.4, -0.2) is 22.3 Å². The van der Waals surface area contributed by atoms with Gasteiger partial charge in [0.05, 0.1) is 0 Å². The molecule has 1 heterocycles. The zero-order valence-electron chi connectivity index (χ0n) is 13.3. The van der Waals surface area contributed by atoms with E-state index < -0.39 is 0 Å². The minimum absolute atomic E-state index is 0.0377. The van der Waals surface area contributed by atoms with Crippen molar-refractivity contribution in [2.45, 2.75) is 33.6 Å². The van der Waals surface area contributed by atoms with E-state index >= 15 is 0 Å². The molecule has 2 rings (SSSR count). The van der Waals surface area contributed by atoms with E-state index in [1.54, 1.807) is 19.1 Å². The number of ketones is 1. The number of unbranched alkanes of at least 4 members (excludes halogenated alkanes) is 1. The number of hydrogen-bond donors (Lipinski definition) is 2. The Labute approximate surface area is 131 Å². The highest BCUT2D eigenvalue weighted by atomic mass is 16.1. The molecule has 0 spiro atoms. The second kappa shape index (κ2) is 7.54. The molecular formula is C17H22N4O. The smallest absolute Gasteiger partial charge is 0.229 e. The molecule has 0 bridgehead atoms. The molecule has 0 saturated carbocycles. The van der Waals surface area contributed by atoms with Gasteiger partial charge in [0.2, 0.25) is 5.95 Å². The Morgan fingerprint density at radius 1 is 1.23 bits per heavy atom. The average molecular weight is 298 g/mol. The fraction of sp³-hybridized carbons (Fsp3) is 0.353. The summed E-state index contributed by atoms with van der Waals surface area (Å²) in [5, 5.41) is 6.45. The number of rotatable bonds is 7. The first-order valence-corrected chi connectivity index (χ1v) is 7.56. The molecule has 5 heteroatoms. The molecular weight excluding hydrogens is 276 g/mol. The molecule has 0 radical (unpaired) electrons. The van der Waals surface area contributed by atoms with Crippen molar-refractivity contribution in [2.24, 2.45) is 0 Å². The van der Waals surface area contributed by atoms with Crippen LogP contribution in [0.5, 0.6) is 0 Å². The Bertz CT molecular complexity index is 655. The molecule has 0 aliphatic carbocycles. The lowest BCUT2D eigenvalue weighted by atomic mass is 10.1. The van der Waals surface area contributed by atoms with Gasteiger partial charge in [0, 0.05) is 29.6 Å². The van der Waals surface area contributed by atoms with Crippen molar-refractivity contribution in [3.05, 3.63) is 41.6 Å². The lowest BCUT2D eigenvalue weighted by Crippen LogP contribution is -2.06. The first-order chi connectivity index (χ1) is 10.6. The number of aryl methyl sites for hydroxylation is 1. The lowest BCUT2D eigenvalue weighted by Gasteiger charge is -2.10. The molecule has 0 aliphatic heterocycles. The van der Waals surface area contributed by atoms with Crippen LogP contribution in [0.2, 0.25) is 0 Å². The van der Waals surface area contributed by atoms with Crippen molar-refractivity contribution in [1.29, 1.82) is 0 Å². The summed E-state index contributed by atoms with van der Waals surface area (Å²) in [5.74, 6) is 1.38. The van der Waals surface area contributed by atoms with Gasteiger partial charge in [-0.2, -0.15) is 4.98 Å². The number of aromatic nitrogens is 2. The van der Waals surface area contributed by atoms with Crippen LogP contribution >= 0.6 is 0 Å². The predicted octanol–water partition coefficient (Wildman–Crippen LogP) is 3.94. The van der Waals surface area contributed by atoms with Crippen LogP contribution in [0.4, 0.5) is 17.5 Å². The summed E-state index contributed by atoms with van der Waals surface area (Å²) in [7, 11) is 0. The number of Topliss-reactive ketones (excluding diaryl/α,β-unsaturated/α-hetero) is 1. The SMILES string of the molecule is CCCCNc1cc(C)nc(Nc2cccc(C(C)=O)c2)n1. The summed E-state index contributed by atoms with van der Waals surface area (Å²) in [6.07, 6.45) is 2.24. The molecule has 0 aliphatic rings. The number of carbonyl (C=O) groups is 1. The van der Waals surface area contributed by atoms with Gasteiger partial charge >= 0.3 is 0 Å². The van der Waals surface area contributed by atoms with Gasteiger partial charge in [0.25, 0.3) is 0 Å². The van der Waals surface area contributed by atoms with Crippen LogP contribution in [0.1, 0.15) is 42.7 Å². The predicted molar refractivity (Wildman–Crippen MR) is 89.9 cm³/mol. The van der Waals surface area contributed by atoms with Gasteiger partial charge < -0.3 is 10.6 Å². The number of nitrogens with one attached hydrogen (secondary N) is 2. The first kappa shape index (κ1) is 15.9. The molecule has 0 saturated heterocycles. The summed E-state index contributed by atoms with van der Waals surface area (Å²) >= 11 is 0. The van der Waals surface area contributed by atoms with E-state index in [4.69, 9.17) is 0 Å². The van der Waals surface area contributed by atoms with Gasteiger partial charge in [0.15, 0.2) is 5.78 Å². The van der Waals surface area contributed by atoms with E-state index in [9.17, 15) is 4.79 Å². The topological polar surface area (TPSA) is 66.9 Å². The average Bonchev–Trinajstić information content (AvgIpc) is 2.47. The summed E-state index contributed by atoms with van der Waals surface area (Å²) in [6, 6.07) is 9.25. The van der Waals surface area contributed by atoms with Gasteiger partial charge in [-0.25, -0.2) is 4.98 Å². The van der Waals surface area contributed by atoms with Gasteiger partial charge in [-0.05, 0) is 32.4 Å². The van der Waals surface area contributed by atoms with Crippen LogP contribution in [0.25, 0.3) is 0 Å². The fourth-order valence-corrected chi connectivity index (χ4v) is 2.05. The minimum Gasteiger partial charge on any atom is -0.370 e. The first-order valence-electron chi connectivity index (χ1n) is 7.56. The van der Waals surface area contributed by atoms with Crippen molar-refractivity contribution in [2.75, 3.05) is 17.2 Å². The molecule has 1 aromatic carbocycles. The quantitative estimate of drug-likeness (QED) is 0.598. The van der Waals surface area contributed by atoms with Crippen LogP contribution in [0.3, 0.4) is 0 Å². The van der Waals surface area contributed by atoms with E-state index in [1.165, 1.54) is 0 Å². The van der Waals surface area contributed by atoms with Gasteiger partial charge in [-0.15, -0.1) is 0 Å². The van der Waals surface area contributed by atoms with E-state index in [1.807, 2.05) is 25.1 Å². The number of carbonyl (C=O) groups excluding carboxylic acids is 1. The third kappa shape index (κ3) is 4.55. The Morgan fingerprint density at radius 3 is 2.77 bits per heavy atom. The highest BCUT2D eigenvalue weighted by Crippen LogP contribution is 2.17. The molecule has 0 amide bonds. The van der Waals surface area contributed by atoms with Crippen LogP contribution in [0, 0.1) is 6.92 Å². The van der Waals surface area contributed by atoms with E-state index in [-0.39, 0.29) is 5.78 Å². The van der Waals surface area contributed by atoms with Crippen molar-refractivity contribution >= 4 is 23.2 Å². The van der Waals surface area contributed by atoms with Crippen molar-refractivity contribution in [3.63, 3.8) is 0 Å². The molecule has 5 nitrogen and oxygen atoms in total. The van der Waals surface area contributed by atoms with Gasteiger partial charge in [-0.3, -0.25) is 4.79 Å². The van der Waals surface area contributed by atoms with Gasteiger partial charge in [0.1, 0.15) is 5.82 Å². The highest BCUT2D eigenvalue weighted by Gasteiger charge is 2.05. The second-order valence-corrected chi connectivity index (χ2v) is 5.26. The monoisotopic (exact) mass is 298 g/mol.